The lowest BCUT2D eigenvalue weighted by Crippen LogP contribution is -2.02. The summed E-state index contributed by atoms with van der Waals surface area (Å²) in [5.74, 6) is -0.298. The number of halogens is 2. The molecule has 0 aliphatic rings. The van der Waals surface area contributed by atoms with Crippen LogP contribution in [0.15, 0.2) is 42.5 Å². The van der Waals surface area contributed by atoms with E-state index in [0.717, 1.165) is 0 Å². The van der Waals surface area contributed by atoms with Crippen molar-refractivity contribution < 1.29 is 23.7 Å². The summed E-state index contributed by atoms with van der Waals surface area (Å²) in [4.78, 5) is 0. The molecule has 3 N–H and O–H groups in total. The van der Waals surface area contributed by atoms with Crippen LogP contribution in [0.4, 0.5) is 14.5 Å². The lowest BCUT2D eigenvalue weighted by atomic mass is 10.2. The molecule has 4 nitrogen and oxygen atoms in total. The number of alkyl halides is 2. The maximum absolute atomic E-state index is 12.0. The Kier molecular flexibility index (Phi) is 4.24. The molecule has 0 aliphatic heterocycles. The Morgan fingerprint density at radius 1 is 1.05 bits per heavy atom. The van der Waals surface area contributed by atoms with Crippen molar-refractivity contribution in [2.45, 2.75) is 13.2 Å². The molecule has 0 spiro atoms. The van der Waals surface area contributed by atoms with E-state index in [2.05, 4.69) is 10.1 Å². The fraction of sp³-hybridized carbons (Fsp3) is 0.143. The van der Waals surface area contributed by atoms with E-state index in [0.29, 0.717) is 11.3 Å². The first-order valence-electron chi connectivity index (χ1n) is 5.85. The average Bonchev–Trinajstić information content (AvgIpc) is 2.41. The van der Waals surface area contributed by atoms with Gasteiger partial charge in [0, 0.05) is 17.8 Å². The minimum Gasteiger partial charge on any atom is -0.504 e. The maximum atomic E-state index is 12.0. The number of aromatic hydroxyl groups is 2. The molecular weight excluding hydrogens is 268 g/mol. The second-order valence-electron chi connectivity index (χ2n) is 4.04. The number of anilines is 1. The first kappa shape index (κ1) is 13.9. The van der Waals surface area contributed by atoms with Crippen molar-refractivity contribution in [1.29, 1.82) is 0 Å². The molecule has 106 valence electrons. The van der Waals surface area contributed by atoms with Gasteiger partial charge >= 0.3 is 6.61 Å². The van der Waals surface area contributed by atoms with Crippen LogP contribution in [0.5, 0.6) is 17.2 Å². The van der Waals surface area contributed by atoms with E-state index < -0.39 is 6.61 Å². The average molecular weight is 281 g/mol. The van der Waals surface area contributed by atoms with Crippen molar-refractivity contribution in [2.24, 2.45) is 0 Å². The Morgan fingerprint density at radius 2 is 1.75 bits per heavy atom. The predicted molar refractivity (Wildman–Crippen MR) is 70.2 cm³/mol. The molecular formula is C14H13F2NO3. The minimum absolute atomic E-state index is 0.0748. The van der Waals surface area contributed by atoms with Gasteiger partial charge in [0.05, 0.1) is 0 Å². The van der Waals surface area contributed by atoms with E-state index in [9.17, 15) is 19.0 Å². The SMILES string of the molecule is Oc1cccc(CNc2ccc(OC(F)F)cc2)c1O. The third-order valence-electron chi connectivity index (χ3n) is 2.66. The Morgan fingerprint density at radius 3 is 2.40 bits per heavy atom. The van der Waals surface area contributed by atoms with E-state index in [-0.39, 0.29) is 23.8 Å². The molecule has 2 aromatic rings. The highest BCUT2D eigenvalue weighted by atomic mass is 19.3. The van der Waals surface area contributed by atoms with E-state index in [4.69, 9.17) is 0 Å². The summed E-state index contributed by atoms with van der Waals surface area (Å²) >= 11 is 0. The Balaban J connectivity index is 1.99. The molecule has 2 aromatic carbocycles. The van der Waals surface area contributed by atoms with Gasteiger partial charge in [0.15, 0.2) is 11.5 Å². The Hall–Kier alpha value is -2.50. The number of rotatable bonds is 5. The molecule has 0 saturated heterocycles. The van der Waals surface area contributed by atoms with E-state index in [1.807, 2.05) is 0 Å². The number of nitrogens with one attached hydrogen (secondary N) is 1. The summed E-state index contributed by atoms with van der Waals surface area (Å²) in [6.45, 7) is -2.56. The first-order valence-corrected chi connectivity index (χ1v) is 5.85. The van der Waals surface area contributed by atoms with Gasteiger partial charge in [-0.3, -0.25) is 0 Å². The smallest absolute Gasteiger partial charge is 0.387 e. The summed E-state index contributed by atoms with van der Waals surface area (Å²) < 4.78 is 28.2. The van der Waals surface area contributed by atoms with E-state index >= 15 is 0 Å². The quantitative estimate of drug-likeness (QED) is 0.736. The van der Waals surface area contributed by atoms with Gasteiger partial charge in [-0.05, 0) is 30.3 Å². The first-order chi connectivity index (χ1) is 9.56. The summed E-state index contributed by atoms with van der Waals surface area (Å²) in [5.41, 5.74) is 1.20. The molecule has 0 saturated carbocycles. The zero-order valence-corrected chi connectivity index (χ0v) is 10.4. The number of phenolic OH excluding ortho intramolecular Hbond substituents is 2. The molecule has 0 heterocycles. The van der Waals surface area contributed by atoms with Crippen LogP contribution in [0.2, 0.25) is 0 Å². The molecule has 20 heavy (non-hydrogen) atoms. The van der Waals surface area contributed by atoms with E-state index in [1.54, 1.807) is 24.3 Å². The summed E-state index contributed by atoms with van der Waals surface area (Å²) in [6.07, 6.45) is 0. The molecule has 0 unspecified atom stereocenters. The van der Waals surface area contributed by atoms with Crippen LogP contribution < -0.4 is 10.1 Å². The monoisotopic (exact) mass is 281 g/mol. The van der Waals surface area contributed by atoms with Crippen molar-refractivity contribution in [1.82, 2.24) is 0 Å². The number of benzene rings is 2. The topological polar surface area (TPSA) is 61.7 Å². The summed E-state index contributed by atoms with van der Waals surface area (Å²) in [5, 5.41) is 22.0. The Bertz CT molecular complexity index is 573. The number of para-hydroxylation sites is 1. The van der Waals surface area contributed by atoms with Crippen molar-refractivity contribution in [3.63, 3.8) is 0 Å². The van der Waals surface area contributed by atoms with Gasteiger partial charge < -0.3 is 20.3 Å². The lowest BCUT2D eigenvalue weighted by Gasteiger charge is -2.10. The molecule has 0 radical (unpaired) electrons. The predicted octanol–water partition coefficient (Wildman–Crippen LogP) is 3.31. The lowest BCUT2D eigenvalue weighted by molar-refractivity contribution is -0.0498. The maximum Gasteiger partial charge on any atom is 0.387 e. The third kappa shape index (κ3) is 3.50. The number of ether oxygens (including phenoxy) is 1. The van der Waals surface area contributed by atoms with Gasteiger partial charge in [-0.2, -0.15) is 8.78 Å². The van der Waals surface area contributed by atoms with Crippen LogP contribution in [-0.4, -0.2) is 16.8 Å². The Labute approximate surface area is 114 Å². The van der Waals surface area contributed by atoms with Crippen molar-refractivity contribution >= 4 is 5.69 Å². The zero-order chi connectivity index (χ0) is 14.5. The largest absolute Gasteiger partial charge is 0.504 e. The van der Waals surface area contributed by atoms with Crippen LogP contribution in [0.3, 0.4) is 0 Å². The number of phenols is 2. The summed E-state index contributed by atoms with van der Waals surface area (Å²) in [6, 6.07) is 10.7. The van der Waals surface area contributed by atoms with Crippen LogP contribution in [0.1, 0.15) is 5.56 Å². The van der Waals surface area contributed by atoms with Crippen molar-refractivity contribution in [3.05, 3.63) is 48.0 Å². The highest BCUT2D eigenvalue weighted by Gasteiger charge is 2.06. The molecule has 0 aromatic heterocycles. The van der Waals surface area contributed by atoms with Crippen LogP contribution in [-0.2, 0) is 6.54 Å². The van der Waals surface area contributed by atoms with Crippen LogP contribution in [0.25, 0.3) is 0 Å². The highest BCUT2D eigenvalue weighted by molar-refractivity contribution is 5.50. The van der Waals surface area contributed by atoms with Gasteiger partial charge in [-0.1, -0.05) is 12.1 Å². The number of hydrogen-bond acceptors (Lipinski definition) is 4. The molecule has 0 fully saturated rings. The van der Waals surface area contributed by atoms with Gasteiger partial charge in [0.2, 0.25) is 0 Å². The molecule has 0 atom stereocenters. The van der Waals surface area contributed by atoms with Crippen LogP contribution in [0, 0.1) is 0 Å². The fourth-order valence-corrected chi connectivity index (χ4v) is 1.67. The van der Waals surface area contributed by atoms with Gasteiger partial charge in [-0.15, -0.1) is 0 Å². The molecule has 6 heteroatoms. The molecule has 0 amide bonds. The fourth-order valence-electron chi connectivity index (χ4n) is 1.67. The van der Waals surface area contributed by atoms with Gasteiger partial charge in [0.25, 0.3) is 0 Å². The van der Waals surface area contributed by atoms with Crippen molar-refractivity contribution in [3.8, 4) is 17.2 Å². The normalized spacial score (nSPS) is 10.6. The molecule has 2 rings (SSSR count). The zero-order valence-electron chi connectivity index (χ0n) is 10.4. The van der Waals surface area contributed by atoms with E-state index in [1.165, 1.54) is 18.2 Å². The second-order valence-corrected chi connectivity index (χ2v) is 4.04. The summed E-state index contributed by atoms with van der Waals surface area (Å²) in [7, 11) is 0. The second kappa shape index (κ2) is 6.10. The highest BCUT2D eigenvalue weighted by Crippen LogP contribution is 2.28. The number of hydrogen-bond donors (Lipinski definition) is 3. The van der Waals surface area contributed by atoms with Gasteiger partial charge in [-0.25, -0.2) is 0 Å². The molecule has 0 bridgehead atoms. The van der Waals surface area contributed by atoms with Gasteiger partial charge in [0.1, 0.15) is 5.75 Å². The van der Waals surface area contributed by atoms with Crippen molar-refractivity contribution in [2.75, 3.05) is 5.32 Å². The molecule has 0 aliphatic carbocycles. The standard InChI is InChI=1S/C14H13F2NO3/c15-14(16)20-11-6-4-10(5-7-11)17-8-9-2-1-3-12(18)13(9)19/h1-7,14,17-19H,8H2. The van der Waals surface area contributed by atoms with Crippen LogP contribution >= 0.6 is 0 Å². The minimum atomic E-state index is -2.85. The third-order valence-corrected chi connectivity index (χ3v) is 2.66.